The number of aromatic carboxylic acids is 1. The van der Waals surface area contributed by atoms with Crippen LogP contribution in [0.15, 0.2) is 47.5 Å². The Hall–Kier alpha value is -5.22. The number of carboxylic acid groups (broad SMARTS) is 1. The van der Waals surface area contributed by atoms with E-state index in [4.69, 9.17) is 21.1 Å². The second-order valence-electron chi connectivity index (χ2n) is 12.2. The molecule has 0 aliphatic heterocycles. The lowest BCUT2D eigenvalue weighted by Crippen LogP contribution is -2.35. The van der Waals surface area contributed by atoms with Crippen LogP contribution in [0.25, 0.3) is 5.69 Å². The first-order chi connectivity index (χ1) is 22.1. The molecule has 0 saturated heterocycles. The number of carbonyl (C=O) groups is 2. The molecular weight excluding hydrogens is 626 g/mol. The van der Waals surface area contributed by atoms with E-state index in [0.29, 0.717) is 22.4 Å². The van der Waals surface area contributed by atoms with Gasteiger partial charge in [-0.25, -0.2) is 24.2 Å². The van der Waals surface area contributed by atoms with Crippen LogP contribution >= 0.6 is 11.6 Å². The van der Waals surface area contributed by atoms with Crippen LogP contribution in [0, 0.1) is 11.3 Å². The SMILES string of the molecule is COc1nc(N(C)C(=O)OC(C)(C)C)ncc1-n1nc(C(=O)O)c(C(Cc2cc(Cl)c(=O)n(C)c2)c2ccc(C#N)cc2)c1C(C)C. The highest BCUT2D eigenvalue weighted by Gasteiger charge is 2.33. The summed E-state index contributed by atoms with van der Waals surface area (Å²) in [4.78, 5) is 47.8. The minimum Gasteiger partial charge on any atom is -0.479 e. The van der Waals surface area contributed by atoms with Gasteiger partial charge >= 0.3 is 12.1 Å². The third-order valence-corrected chi connectivity index (χ3v) is 7.52. The molecule has 246 valence electrons. The lowest BCUT2D eigenvalue weighted by Gasteiger charge is -2.24. The zero-order valence-corrected chi connectivity index (χ0v) is 28.2. The topological polar surface area (TPSA) is 165 Å². The number of methoxy groups -OCH3 is 1. The van der Waals surface area contributed by atoms with Gasteiger partial charge in [-0.05, 0) is 62.4 Å². The van der Waals surface area contributed by atoms with Gasteiger partial charge in [0.05, 0.1) is 30.6 Å². The van der Waals surface area contributed by atoms with Crippen molar-refractivity contribution in [2.75, 3.05) is 19.1 Å². The molecule has 1 unspecified atom stereocenters. The number of aryl methyl sites for hydroxylation is 1. The summed E-state index contributed by atoms with van der Waals surface area (Å²) in [5.74, 6) is -2.10. The fourth-order valence-corrected chi connectivity index (χ4v) is 5.44. The maximum Gasteiger partial charge on any atom is 0.416 e. The van der Waals surface area contributed by atoms with Gasteiger partial charge in [-0.3, -0.25) is 4.79 Å². The molecule has 1 aromatic carbocycles. The average molecular weight is 662 g/mol. The largest absolute Gasteiger partial charge is 0.479 e. The predicted octanol–water partition coefficient (Wildman–Crippen LogP) is 5.46. The Kier molecular flexibility index (Phi) is 10.1. The summed E-state index contributed by atoms with van der Waals surface area (Å²) >= 11 is 6.26. The van der Waals surface area contributed by atoms with E-state index in [2.05, 4.69) is 21.1 Å². The number of amides is 1. The van der Waals surface area contributed by atoms with Gasteiger partial charge in [0.2, 0.25) is 11.8 Å². The molecule has 0 bridgehead atoms. The van der Waals surface area contributed by atoms with Gasteiger partial charge in [0.25, 0.3) is 5.56 Å². The molecule has 4 aromatic rings. The lowest BCUT2D eigenvalue weighted by atomic mass is 9.82. The van der Waals surface area contributed by atoms with Gasteiger partial charge in [0, 0.05) is 31.8 Å². The number of ether oxygens (including phenoxy) is 2. The Morgan fingerprint density at radius 1 is 1.19 bits per heavy atom. The fourth-order valence-electron chi connectivity index (χ4n) is 5.17. The van der Waals surface area contributed by atoms with Gasteiger partial charge in [-0.15, -0.1) is 0 Å². The second-order valence-corrected chi connectivity index (χ2v) is 12.6. The Bertz CT molecular complexity index is 1890. The number of rotatable bonds is 9. The van der Waals surface area contributed by atoms with Crippen LogP contribution in [0.1, 0.15) is 84.9 Å². The van der Waals surface area contributed by atoms with Gasteiger partial charge in [0.15, 0.2) is 5.69 Å². The molecular formula is C33H36ClN7O6. The molecule has 14 heteroatoms. The van der Waals surface area contributed by atoms with Crippen molar-refractivity contribution in [3.8, 4) is 17.6 Å². The van der Waals surface area contributed by atoms with Gasteiger partial charge in [-0.2, -0.15) is 15.3 Å². The Morgan fingerprint density at radius 2 is 1.85 bits per heavy atom. The number of benzene rings is 1. The first kappa shape index (κ1) is 34.6. The summed E-state index contributed by atoms with van der Waals surface area (Å²) in [6.07, 6.45) is 2.63. The van der Waals surface area contributed by atoms with Crippen molar-refractivity contribution in [2.24, 2.45) is 7.05 Å². The smallest absolute Gasteiger partial charge is 0.416 e. The number of carboxylic acids is 1. The molecule has 4 rings (SSSR count). The number of carbonyl (C=O) groups excluding carboxylic acids is 1. The molecule has 1 amide bonds. The van der Waals surface area contributed by atoms with Gasteiger partial charge in [-0.1, -0.05) is 37.6 Å². The monoisotopic (exact) mass is 661 g/mol. The highest BCUT2D eigenvalue weighted by molar-refractivity contribution is 6.30. The van der Waals surface area contributed by atoms with Crippen molar-refractivity contribution >= 4 is 29.6 Å². The Morgan fingerprint density at radius 3 is 2.38 bits per heavy atom. The molecule has 1 N–H and O–H groups in total. The van der Waals surface area contributed by atoms with Crippen molar-refractivity contribution in [3.63, 3.8) is 0 Å². The van der Waals surface area contributed by atoms with E-state index in [0.717, 1.165) is 10.5 Å². The van der Waals surface area contributed by atoms with Crippen molar-refractivity contribution in [1.82, 2.24) is 24.3 Å². The molecule has 13 nitrogen and oxygen atoms in total. The standard InChI is InChI=1S/C33H36ClN7O6/c1-18(2)27-25(22(21-11-9-19(15-35)10-12-21)13-20-14-23(34)29(42)39(6)17-20)26(30(43)44)38-41(27)24-16-36-31(37-28(24)46-8)40(7)32(45)47-33(3,4)5/h9-12,14,16-18,22H,13H2,1-8H3,(H,43,44). The number of nitriles is 1. The molecule has 0 spiro atoms. The molecule has 0 saturated carbocycles. The van der Waals surface area contributed by atoms with Crippen LogP contribution in [-0.4, -0.2) is 61.2 Å². The molecule has 0 radical (unpaired) electrons. The van der Waals surface area contributed by atoms with E-state index < -0.39 is 23.6 Å². The van der Waals surface area contributed by atoms with E-state index in [1.54, 1.807) is 64.3 Å². The first-order valence-electron chi connectivity index (χ1n) is 14.7. The quantitative estimate of drug-likeness (QED) is 0.243. The van der Waals surface area contributed by atoms with Gasteiger partial charge < -0.3 is 19.1 Å². The van der Waals surface area contributed by atoms with Crippen molar-refractivity contribution in [1.29, 1.82) is 5.26 Å². The maximum absolute atomic E-state index is 12.9. The molecule has 0 aliphatic rings. The maximum atomic E-state index is 12.9. The van der Waals surface area contributed by atoms with Crippen LogP contribution < -0.4 is 15.2 Å². The van der Waals surface area contributed by atoms with Crippen LogP contribution in [0.3, 0.4) is 0 Å². The molecule has 47 heavy (non-hydrogen) atoms. The lowest BCUT2D eigenvalue weighted by molar-refractivity contribution is 0.0586. The summed E-state index contributed by atoms with van der Waals surface area (Å²) in [5, 5.41) is 24.5. The number of anilines is 1. The summed E-state index contributed by atoms with van der Waals surface area (Å²) in [6.45, 7) is 9.03. The van der Waals surface area contributed by atoms with Crippen LogP contribution in [0.2, 0.25) is 5.02 Å². The molecule has 3 heterocycles. The average Bonchev–Trinajstić information content (AvgIpc) is 3.42. The van der Waals surface area contributed by atoms with Gasteiger partial charge in [0.1, 0.15) is 16.3 Å². The summed E-state index contributed by atoms with van der Waals surface area (Å²) in [5.41, 5.74) is 1.73. The van der Waals surface area contributed by atoms with Crippen molar-refractivity contribution in [3.05, 3.63) is 91.7 Å². The number of aromatic nitrogens is 5. The molecule has 0 fully saturated rings. The molecule has 1 atom stereocenters. The normalized spacial score (nSPS) is 12.0. The molecule has 0 aliphatic carbocycles. The number of pyridine rings is 1. The van der Waals surface area contributed by atoms with E-state index in [1.807, 2.05) is 13.8 Å². The minimum atomic E-state index is -1.26. The third kappa shape index (κ3) is 7.44. The summed E-state index contributed by atoms with van der Waals surface area (Å²) in [7, 11) is 4.44. The van der Waals surface area contributed by atoms with Crippen molar-refractivity contribution < 1.29 is 24.2 Å². The number of hydrogen-bond donors (Lipinski definition) is 1. The van der Waals surface area contributed by atoms with E-state index in [1.165, 1.54) is 29.6 Å². The fraction of sp³-hybridized carbons (Fsp3) is 0.364. The zero-order valence-electron chi connectivity index (χ0n) is 27.4. The highest BCUT2D eigenvalue weighted by atomic mass is 35.5. The van der Waals surface area contributed by atoms with Crippen LogP contribution in [0.4, 0.5) is 10.7 Å². The summed E-state index contributed by atoms with van der Waals surface area (Å²) in [6, 6.07) is 10.5. The van der Waals surface area contributed by atoms with E-state index in [9.17, 15) is 24.8 Å². The van der Waals surface area contributed by atoms with Crippen molar-refractivity contribution in [2.45, 2.75) is 58.5 Å². The zero-order chi connectivity index (χ0) is 34.8. The van der Waals surface area contributed by atoms with E-state index >= 15 is 0 Å². The number of nitrogens with zero attached hydrogens (tertiary/aromatic N) is 7. The highest BCUT2D eigenvalue weighted by Crippen LogP contribution is 2.39. The third-order valence-electron chi connectivity index (χ3n) is 7.25. The van der Waals surface area contributed by atoms with Crippen LogP contribution in [-0.2, 0) is 18.2 Å². The predicted molar refractivity (Wildman–Crippen MR) is 175 cm³/mol. The Labute approximate surface area is 277 Å². The summed E-state index contributed by atoms with van der Waals surface area (Å²) < 4.78 is 13.9. The van der Waals surface area contributed by atoms with Crippen LogP contribution in [0.5, 0.6) is 5.88 Å². The number of hydrogen-bond acceptors (Lipinski definition) is 9. The second kappa shape index (κ2) is 13.6. The minimum absolute atomic E-state index is 0.00110. The first-order valence-corrected chi connectivity index (χ1v) is 15.0. The van der Waals surface area contributed by atoms with E-state index in [-0.39, 0.29) is 46.1 Å². The number of halogens is 1. The Balaban J connectivity index is 1.95. The molecule has 3 aromatic heterocycles.